The van der Waals surface area contributed by atoms with E-state index in [1.807, 2.05) is 11.8 Å². The van der Waals surface area contributed by atoms with Gasteiger partial charge in [0, 0.05) is 21.7 Å². The second-order valence-electron chi connectivity index (χ2n) is 5.38. The molecular weight excluding hydrogens is 278 g/mol. The van der Waals surface area contributed by atoms with Crippen molar-refractivity contribution in [1.82, 2.24) is 9.97 Å². The zero-order chi connectivity index (χ0) is 14.7. The molecule has 0 saturated carbocycles. The summed E-state index contributed by atoms with van der Waals surface area (Å²) < 4.78 is 0. The lowest BCUT2D eigenvalue weighted by Crippen LogP contribution is -2.06. The average Bonchev–Trinajstić information content (AvgIpc) is 2.74. The van der Waals surface area contributed by atoms with Gasteiger partial charge in [0.2, 0.25) is 0 Å². The first-order valence-electron chi connectivity index (χ1n) is 7.66. The summed E-state index contributed by atoms with van der Waals surface area (Å²) in [4.78, 5) is 10.6. The highest BCUT2D eigenvalue weighted by atomic mass is 32.2. The maximum atomic E-state index is 6.17. The van der Waals surface area contributed by atoms with E-state index < -0.39 is 0 Å². The van der Waals surface area contributed by atoms with Crippen molar-refractivity contribution in [3.05, 3.63) is 35.5 Å². The van der Waals surface area contributed by atoms with Crippen LogP contribution in [0.4, 0.5) is 5.82 Å². The van der Waals surface area contributed by atoms with Gasteiger partial charge in [0.05, 0.1) is 0 Å². The first-order valence-corrected chi connectivity index (χ1v) is 8.65. The van der Waals surface area contributed by atoms with Gasteiger partial charge in [-0.05, 0) is 43.6 Å². The van der Waals surface area contributed by atoms with E-state index in [1.54, 1.807) is 0 Å². The molecule has 0 aliphatic heterocycles. The van der Waals surface area contributed by atoms with Crippen molar-refractivity contribution in [3.63, 3.8) is 0 Å². The van der Waals surface area contributed by atoms with Crippen molar-refractivity contribution < 1.29 is 0 Å². The van der Waals surface area contributed by atoms with Crippen LogP contribution in [0.2, 0.25) is 0 Å². The van der Waals surface area contributed by atoms with Gasteiger partial charge in [-0.15, -0.1) is 11.8 Å². The smallest absolute Gasteiger partial charge is 0.161 e. The van der Waals surface area contributed by atoms with Crippen molar-refractivity contribution in [1.29, 1.82) is 0 Å². The molecule has 0 atom stereocenters. The number of hydrogen-bond donors (Lipinski definition) is 1. The maximum Gasteiger partial charge on any atom is 0.161 e. The Bertz CT molecular complexity index is 623. The quantitative estimate of drug-likeness (QED) is 0.684. The van der Waals surface area contributed by atoms with Crippen LogP contribution in [-0.4, -0.2) is 15.7 Å². The topological polar surface area (TPSA) is 51.8 Å². The molecule has 0 saturated heterocycles. The third-order valence-electron chi connectivity index (χ3n) is 3.89. The molecule has 0 fully saturated rings. The molecular formula is C17H21N3S. The van der Waals surface area contributed by atoms with Crippen LogP contribution in [0.15, 0.2) is 29.2 Å². The lowest BCUT2D eigenvalue weighted by molar-refractivity contribution is 0.709. The van der Waals surface area contributed by atoms with Crippen molar-refractivity contribution in [2.24, 2.45) is 0 Å². The molecule has 3 nitrogen and oxygen atoms in total. The molecule has 0 amide bonds. The lowest BCUT2D eigenvalue weighted by atomic mass is 10.1. The molecule has 2 N–H and O–H groups in total. The number of rotatable bonds is 3. The van der Waals surface area contributed by atoms with E-state index in [4.69, 9.17) is 10.7 Å². The second-order valence-corrected chi connectivity index (χ2v) is 6.71. The van der Waals surface area contributed by atoms with Gasteiger partial charge in [-0.1, -0.05) is 25.5 Å². The largest absolute Gasteiger partial charge is 0.383 e. The van der Waals surface area contributed by atoms with Crippen LogP contribution in [0.1, 0.15) is 37.4 Å². The van der Waals surface area contributed by atoms with Crippen LogP contribution in [0, 0.1) is 0 Å². The predicted octanol–water partition coefficient (Wildman–Crippen LogP) is 4.11. The number of thioether (sulfide) groups is 1. The number of nitrogens with zero attached hydrogens (tertiary/aromatic N) is 2. The second kappa shape index (κ2) is 6.48. The standard InChI is InChI=1S/C17H21N3S/c1-2-21-13-10-8-12(9-11-13)17-19-15-7-5-3-4-6-14(15)16(18)20-17/h8-11H,2-7H2,1H3,(H2,18,19,20). The third-order valence-corrected chi connectivity index (χ3v) is 4.78. The van der Waals surface area contributed by atoms with Crippen LogP contribution in [-0.2, 0) is 12.8 Å². The minimum atomic E-state index is 0.670. The molecule has 0 bridgehead atoms. The van der Waals surface area contributed by atoms with Gasteiger partial charge in [-0.3, -0.25) is 0 Å². The number of benzene rings is 1. The molecule has 1 aromatic heterocycles. The summed E-state index contributed by atoms with van der Waals surface area (Å²) >= 11 is 1.84. The van der Waals surface area contributed by atoms with E-state index in [9.17, 15) is 0 Å². The van der Waals surface area contributed by atoms with Gasteiger partial charge < -0.3 is 5.73 Å². The van der Waals surface area contributed by atoms with Gasteiger partial charge in [-0.25, -0.2) is 9.97 Å². The minimum absolute atomic E-state index is 0.670. The van der Waals surface area contributed by atoms with Gasteiger partial charge >= 0.3 is 0 Å². The summed E-state index contributed by atoms with van der Waals surface area (Å²) in [5, 5.41) is 0. The van der Waals surface area contributed by atoms with Crippen LogP contribution in [0.25, 0.3) is 11.4 Å². The Morgan fingerprint density at radius 1 is 1.05 bits per heavy atom. The molecule has 1 heterocycles. The van der Waals surface area contributed by atoms with Gasteiger partial charge in [-0.2, -0.15) is 0 Å². The molecule has 2 aromatic rings. The molecule has 0 unspecified atom stereocenters. The van der Waals surface area contributed by atoms with Gasteiger partial charge in [0.15, 0.2) is 5.82 Å². The SMILES string of the molecule is CCSc1ccc(-c2nc(N)c3c(n2)CCCCC3)cc1. The predicted molar refractivity (Wildman–Crippen MR) is 89.5 cm³/mol. The highest BCUT2D eigenvalue weighted by molar-refractivity contribution is 7.99. The van der Waals surface area contributed by atoms with Crippen LogP contribution < -0.4 is 5.73 Å². The van der Waals surface area contributed by atoms with E-state index in [0.29, 0.717) is 5.82 Å². The Labute approximate surface area is 130 Å². The van der Waals surface area contributed by atoms with Crippen molar-refractivity contribution in [3.8, 4) is 11.4 Å². The number of nitrogens with two attached hydrogens (primary N) is 1. The first kappa shape index (κ1) is 14.4. The fourth-order valence-corrected chi connectivity index (χ4v) is 3.46. The number of aryl methyl sites for hydroxylation is 1. The van der Waals surface area contributed by atoms with E-state index in [1.165, 1.54) is 29.7 Å². The molecule has 110 valence electrons. The molecule has 1 aliphatic carbocycles. The summed E-state index contributed by atoms with van der Waals surface area (Å²) in [6, 6.07) is 8.45. The summed E-state index contributed by atoms with van der Waals surface area (Å²) in [7, 11) is 0. The zero-order valence-corrected chi connectivity index (χ0v) is 13.2. The molecule has 0 spiro atoms. The van der Waals surface area contributed by atoms with E-state index >= 15 is 0 Å². The van der Waals surface area contributed by atoms with E-state index in [-0.39, 0.29) is 0 Å². The highest BCUT2D eigenvalue weighted by Crippen LogP contribution is 2.27. The van der Waals surface area contributed by atoms with Crippen LogP contribution in [0.3, 0.4) is 0 Å². The summed E-state index contributed by atoms with van der Waals surface area (Å²) in [5.74, 6) is 2.52. The molecule has 0 radical (unpaired) electrons. The Kier molecular flexibility index (Phi) is 4.44. The molecule has 21 heavy (non-hydrogen) atoms. The molecule has 3 rings (SSSR count). The first-order chi connectivity index (χ1) is 10.3. The summed E-state index contributed by atoms with van der Waals surface area (Å²) in [5.41, 5.74) is 9.55. The van der Waals surface area contributed by atoms with Gasteiger partial charge in [0.25, 0.3) is 0 Å². The Morgan fingerprint density at radius 2 is 1.81 bits per heavy atom. The van der Waals surface area contributed by atoms with Crippen LogP contribution >= 0.6 is 11.8 Å². The van der Waals surface area contributed by atoms with E-state index in [0.717, 1.165) is 35.7 Å². The highest BCUT2D eigenvalue weighted by Gasteiger charge is 2.15. The third kappa shape index (κ3) is 3.21. The Morgan fingerprint density at radius 3 is 2.57 bits per heavy atom. The summed E-state index contributed by atoms with van der Waals surface area (Å²) in [6.45, 7) is 2.16. The molecule has 1 aliphatic rings. The average molecular weight is 299 g/mol. The molecule has 4 heteroatoms. The number of hydrogen-bond acceptors (Lipinski definition) is 4. The number of nitrogen functional groups attached to an aromatic ring is 1. The van der Waals surface area contributed by atoms with Crippen molar-refractivity contribution >= 4 is 17.6 Å². The van der Waals surface area contributed by atoms with Crippen molar-refractivity contribution in [2.75, 3.05) is 11.5 Å². The van der Waals surface area contributed by atoms with Gasteiger partial charge in [0.1, 0.15) is 5.82 Å². The fraction of sp³-hybridized carbons (Fsp3) is 0.412. The fourth-order valence-electron chi connectivity index (χ4n) is 2.80. The normalized spacial score (nSPS) is 14.5. The lowest BCUT2D eigenvalue weighted by Gasteiger charge is -2.10. The monoisotopic (exact) mass is 299 g/mol. The van der Waals surface area contributed by atoms with Crippen molar-refractivity contribution in [2.45, 2.75) is 43.9 Å². The minimum Gasteiger partial charge on any atom is -0.383 e. The zero-order valence-electron chi connectivity index (χ0n) is 12.4. The number of anilines is 1. The Hall–Kier alpha value is -1.55. The number of fused-ring (bicyclic) bond motifs is 1. The van der Waals surface area contributed by atoms with Crippen LogP contribution in [0.5, 0.6) is 0 Å². The number of aromatic nitrogens is 2. The summed E-state index contributed by atoms with van der Waals surface area (Å²) in [6.07, 6.45) is 5.71. The van der Waals surface area contributed by atoms with E-state index in [2.05, 4.69) is 36.2 Å². The molecule has 1 aromatic carbocycles. The Balaban J connectivity index is 1.95. The maximum absolute atomic E-state index is 6.17.